The smallest absolute Gasteiger partial charge is 0.414 e. The summed E-state index contributed by atoms with van der Waals surface area (Å²) in [7, 11) is 0. The fourth-order valence-electron chi connectivity index (χ4n) is 3.76. The van der Waals surface area contributed by atoms with E-state index < -0.39 is 11.9 Å². The predicted molar refractivity (Wildman–Crippen MR) is 123 cm³/mol. The number of benzene rings is 2. The maximum Gasteiger partial charge on any atom is 0.414 e. The van der Waals surface area contributed by atoms with E-state index in [-0.39, 0.29) is 5.82 Å². The van der Waals surface area contributed by atoms with Gasteiger partial charge in [0.05, 0.1) is 11.9 Å². The Balaban J connectivity index is 0.000000454. The van der Waals surface area contributed by atoms with E-state index in [1.54, 1.807) is 12.1 Å². The molecule has 0 bridgehead atoms. The molecule has 0 spiro atoms. The number of nitrogens with zero attached hydrogens (tertiary/aromatic N) is 3. The monoisotopic (exact) mass is 454 g/mol. The van der Waals surface area contributed by atoms with Gasteiger partial charge in [-0.1, -0.05) is 12.1 Å². The Hall–Kier alpha value is -3.72. The van der Waals surface area contributed by atoms with E-state index in [0.717, 1.165) is 49.5 Å². The zero-order chi connectivity index (χ0) is 24.0. The average Bonchev–Trinajstić information content (AvgIpc) is 3.25. The van der Waals surface area contributed by atoms with Gasteiger partial charge in [0.25, 0.3) is 0 Å². The number of aliphatic carboxylic acids is 2. The summed E-state index contributed by atoms with van der Waals surface area (Å²) in [6, 6.07) is 13.1. The SMILES string of the molecule is Cc1cccc(N2CCN(Cc3cn[nH]c3-c3ccc(F)cc3)CC2)c1C.O=C(O)C(=O)O. The molecule has 0 unspecified atom stereocenters. The van der Waals surface area contributed by atoms with E-state index in [1.165, 1.54) is 28.9 Å². The van der Waals surface area contributed by atoms with Crippen molar-refractivity contribution in [3.8, 4) is 11.3 Å². The van der Waals surface area contributed by atoms with Crippen LogP contribution in [0.25, 0.3) is 11.3 Å². The Morgan fingerprint density at radius 2 is 1.64 bits per heavy atom. The van der Waals surface area contributed by atoms with Crippen LogP contribution in [-0.4, -0.2) is 63.4 Å². The highest BCUT2D eigenvalue weighted by Crippen LogP contribution is 2.26. The lowest BCUT2D eigenvalue weighted by atomic mass is 10.1. The minimum absolute atomic E-state index is 0.220. The number of H-pyrrole nitrogens is 1. The Kier molecular flexibility index (Phi) is 7.78. The van der Waals surface area contributed by atoms with E-state index >= 15 is 0 Å². The summed E-state index contributed by atoms with van der Waals surface area (Å²) in [5.74, 6) is -3.87. The molecule has 0 amide bonds. The first kappa shape index (κ1) is 23.9. The lowest BCUT2D eigenvalue weighted by Gasteiger charge is -2.37. The second-order valence-corrected chi connectivity index (χ2v) is 7.87. The number of carboxylic acids is 2. The quantitative estimate of drug-likeness (QED) is 0.519. The summed E-state index contributed by atoms with van der Waals surface area (Å²) in [5.41, 5.74) is 7.17. The van der Waals surface area contributed by atoms with Crippen molar-refractivity contribution in [3.63, 3.8) is 0 Å². The zero-order valence-electron chi connectivity index (χ0n) is 18.6. The third-order valence-corrected chi connectivity index (χ3v) is 5.72. The van der Waals surface area contributed by atoms with E-state index in [1.807, 2.05) is 6.20 Å². The fourth-order valence-corrected chi connectivity index (χ4v) is 3.76. The van der Waals surface area contributed by atoms with Gasteiger partial charge in [-0.15, -0.1) is 0 Å². The molecule has 1 fully saturated rings. The molecule has 2 heterocycles. The number of piperazine rings is 1. The van der Waals surface area contributed by atoms with Gasteiger partial charge >= 0.3 is 11.9 Å². The topological polar surface area (TPSA) is 110 Å². The molecule has 1 aromatic heterocycles. The van der Waals surface area contributed by atoms with Crippen molar-refractivity contribution in [2.45, 2.75) is 20.4 Å². The molecule has 0 atom stereocenters. The van der Waals surface area contributed by atoms with Gasteiger partial charge in [-0.3, -0.25) is 10.00 Å². The number of aryl methyl sites for hydroxylation is 1. The first-order valence-electron chi connectivity index (χ1n) is 10.5. The van der Waals surface area contributed by atoms with Crippen LogP contribution in [0.2, 0.25) is 0 Å². The van der Waals surface area contributed by atoms with Crippen molar-refractivity contribution in [1.82, 2.24) is 15.1 Å². The van der Waals surface area contributed by atoms with Crippen LogP contribution in [0, 0.1) is 19.7 Å². The second-order valence-electron chi connectivity index (χ2n) is 7.87. The lowest BCUT2D eigenvalue weighted by Crippen LogP contribution is -2.46. The van der Waals surface area contributed by atoms with Gasteiger partial charge in [-0.05, 0) is 55.3 Å². The van der Waals surface area contributed by atoms with Gasteiger partial charge in [0.1, 0.15) is 5.82 Å². The largest absolute Gasteiger partial charge is 0.473 e. The summed E-state index contributed by atoms with van der Waals surface area (Å²) in [4.78, 5) is 23.1. The molecule has 8 nitrogen and oxygen atoms in total. The third-order valence-electron chi connectivity index (χ3n) is 5.72. The number of anilines is 1. The van der Waals surface area contributed by atoms with Crippen LogP contribution < -0.4 is 4.90 Å². The molecule has 174 valence electrons. The molecule has 3 N–H and O–H groups in total. The Labute approximate surface area is 191 Å². The highest BCUT2D eigenvalue weighted by Gasteiger charge is 2.20. The summed E-state index contributed by atoms with van der Waals surface area (Å²) >= 11 is 0. The molecular weight excluding hydrogens is 427 g/mol. The van der Waals surface area contributed by atoms with Gasteiger partial charge in [0, 0.05) is 49.5 Å². The number of carbonyl (C=O) groups is 2. The van der Waals surface area contributed by atoms with Crippen molar-refractivity contribution in [3.05, 3.63) is 71.2 Å². The van der Waals surface area contributed by atoms with Crippen molar-refractivity contribution in [2.75, 3.05) is 31.1 Å². The number of hydrogen-bond donors (Lipinski definition) is 3. The Morgan fingerprint density at radius 1 is 1.00 bits per heavy atom. The number of rotatable bonds is 4. The van der Waals surface area contributed by atoms with Crippen molar-refractivity contribution in [1.29, 1.82) is 0 Å². The number of hydrogen-bond acceptors (Lipinski definition) is 5. The van der Waals surface area contributed by atoms with Crippen molar-refractivity contribution < 1.29 is 24.2 Å². The van der Waals surface area contributed by atoms with Gasteiger partial charge in [0.15, 0.2) is 0 Å². The number of aromatic amines is 1. The van der Waals surface area contributed by atoms with Gasteiger partial charge in [-0.25, -0.2) is 14.0 Å². The predicted octanol–water partition coefficient (Wildman–Crippen LogP) is 3.31. The second kappa shape index (κ2) is 10.7. The van der Waals surface area contributed by atoms with Crippen LogP contribution in [0.4, 0.5) is 10.1 Å². The Morgan fingerprint density at radius 3 is 2.24 bits per heavy atom. The van der Waals surface area contributed by atoms with E-state index in [4.69, 9.17) is 19.8 Å². The minimum Gasteiger partial charge on any atom is -0.473 e. The van der Waals surface area contributed by atoms with Crippen LogP contribution in [-0.2, 0) is 16.1 Å². The maximum absolute atomic E-state index is 13.2. The van der Waals surface area contributed by atoms with Crippen LogP contribution in [0.5, 0.6) is 0 Å². The molecular formula is C24H27FN4O4. The summed E-state index contributed by atoms with van der Waals surface area (Å²) in [6.07, 6.45) is 1.88. The van der Waals surface area contributed by atoms with E-state index in [0.29, 0.717) is 0 Å². The van der Waals surface area contributed by atoms with Crippen LogP contribution in [0.3, 0.4) is 0 Å². The minimum atomic E-state index is -1.82. The summed E-state index contributed by atoms with van der Waals surface area (Å²) < 4.78 is 13.2. The Bertz CT molecular complexity index is 1090. The van der Waals surface area contributed by atoms with E-state index in [2.05, 4.69) is 52.0 Å². The molecule has 4 rings (SSSR count). The van der Waals surface area contributed by atoms with Crippen LogP contribution in [0.15, 0.2) is 48.7 Å². The van der Waals surface area contributed by atoms with Crippen molar-refractivity contribution >= 4 is 17.6 Å². The molecule has 0 aliphatic carbocycles. The third kappa shape index (κ3) is 6.17. The fraction of sp³-hybridized carbons (Fsp3) is 0.292. The number of halogens is 1. The normalized spacial score (nSPS) is 13.8. The number of carboxylic acid groups (broad SMARTS) is 2. The van der Waals surface area contributed by atoms with Crippen molar-refractivity contribution in [2.24, 2.45) is 0 Å². The van der Waals surface area contributed by atoms with Gasteiger partial charge in [-0.2, -0.15) is 5.10 Å². The maximum atomic E-state index is 13.2. The van der Waals surface area contributed by atoms with Crippen LogP contribution in [0.1, 0.15) is 16.7 Å². The summed E-state index contributed by atoms with van der Waals surface area (Å²) in [6.45, 7) is 9.30. The molecule has 9 heteroatoms. The molecule has 0 radical (unpaired) electrons. The molecule has 3 aromatic rings. The molecule has 1 saturated heterocycles. The van der Waals surface area contributed by atoms with Gasteiger partial charge < -0.3 is 15.1 Å². The highest BCUT2D eigenvalue weighted by atomic mass is 19.1. The molecule has 1 aliphatic rings. The van der Waals surface area contributed by atoms with Gasteiger partial charge in [0.2, 0.25) is 0 Å². The molecule has 33 heavy (non-hydrogen) atoms. The van der Waals surface area contributed by atoms with E-state index in [9.17, 15) is 4.39 Å². The first-order valence-corrected chi connectivity index (χ1v) is 10.5. The lowest BCUT2D eigenvalue weighted by molar-refractivity contribution is -0.159. The number of nitrogens with one attached hydrogen (secondary N) is 1. The molecule has 0 saturated carbocycles. The standard InChI is InChI=1S/C22H25FN4.C2H2O4/c1-16-4-3-5-21(17(16)2)27-12-10-26(11-13-27)15-19-14-24-25-22(19)18-6-8-20(23)9-7-18;3-1(4)2(5)6/h3-9,14H,10-13,15H2,1-2H3,(H,24,25);(H,3,4)(H,5,6). The summed E-state index contributed by atoms with van der Waals surface area (Å²) in [5, 5.41) is 22.1. The number of aromatic nitrogens is 2. The van der Waals surface area contributed by atoms with Crippen LogP contribution >= 0.6 is 0 Å². The first-order chi connectivity index (χ1) is 15.8. The highest BCUT2D eigenvalue weighted by molar-refractivity contribution is 6.27. The molecule has 1 aliphatic heterocycles. The zero-order valence-corrected chi connectivity index (χ0v) is 18.6. The molecule has 2 aromatic carbocycles. The average molecular weight is 455 g/mol.